The van der Waals surface area contributed by atoms with Gasteiger partial charge in [-0.05, 0) is 19.4 Å². The molecule has 0 saturated heterocycles. The van der Waals surface area contributed by atoms with E-state index < -0.39 is 0 Å². The van der Waals surface area contributed by atoms with Crippen molar-refractivity contribution < 1.29 is 0 Å². The van der Waals surface area contributed by atoms with Crippen LogP contribution >= 0.6 is 0 Å². The van der Waals surface area contributed by atoms with Crippen LogP contribution in [0, 0.1) is 13.8 Å². The molecule has 0 aliphatic heterocycles. The molecular formula is C14H18N4. The first-order chi connectivity index (χ1) is 8.67. The molecule has 0 unspecified atom stereocenters. The molecular weight excluding hydrogens is 224 g/mol. The third-order valence-electron chi connectivity index (χ3n) is 2.65. The summed E-state index contributed by atoms with van der Waals surface area (Å²) in [6.45, 7) is 4.75. The molecule has 4 heteroatoms. The van der Waals surface area contributed by atoms with E-state index in [9.17, 15) is 0 Å². The van der Waals surface area contributed by atoms with Gasteiger partial charge in [-0.3, -0.25) is 0 Å². The number of nitrogens with zero attached hydrogens (tertiary/aromatic N) is 2. The molecule has 2 N–H and O–H groups in total. The number of benzene rings is 1. The second-order valence-electron chi connectivity index (χ2n) is 4.28. The average Bonchev–Trinajstić information content (AvgIpc) is 2.36. The predicted octanol–water partition coefficient (Wildman–Crippen LogP) is 2.75. The largest absolute Gasteiger partial charge is 0.373 e. The zero-order valence-corrected chi connectivity index (χ0v) is 11.0. The van der Waals surface area contributed by atoms with E-state index >= 15 is 0 Å². The summed E-state index contributed by atoms with van der Waals surface area (Å²) in [5.41, 5.74) is 2.52. The van der Waals surface area contributed by atoms with Gasteiger partial charge in [-0.25, -0.2) is 9.97 Å². The van der Waals surface area contributed by atoms with Crippen LogP contribution in [0.1, 0.15) is 17.0 Å². The zero-order valence-electron chi connectivity index (χ0n) is 11.0. The Bertz CT molecular complexity index is 537. The van der Waals surface area contributed by atoms with Crippen molar-refractivity contribution in [3.63, 3.8) is 0 Å². The number of hydrogen-bond acceptors (Lipinski definition) is 4. The molecule has 0 radical (unpaired) electrons. The van der Waals surface area contributed by atoms with Crippen molar-refractivity contribution in [2.24, 2.45) is 0 Å². The first-order valence-electron chi connectivity index (χ1n) is 6.00. The fraction of sp³-hybridized carbons (Fsp3) is 0.286. The molecule has 0 atom stereocenters. The van der Waals surface area contributed by atoms with E-state index in [1.807, 2.05) is 20.0 Å². The molecule has 0 bridgehead atoms. The van der Waals surface area contributed by atoms with Gasteiger partial charge >= 0.3 is 0 Å². The van der Waals surface area contributed by atoms with E-state index in [2.05, 4.69) is 51.8 Å². The summed E-state index contributed by atoms with van der Waals surface area (Å²) < 4.78 is 0. The summed E-state index contributed by atoms with van der Waals surface area (Å²) in [7, 11) is 1.85. The number of nitrogens with one attached hydrogen (secondary N) is 2. The molecule has 18 heavy (non-hydrogen) atoms. The first-order valence-corrected chi connectivity index (χ1v) is 6.00. The van der Waals surface area contributed by atoms with E-state index in [0.717, 1.165) is 24.0 Å². The smallest absolute Gasteiger partial charge is 0.132 e. The number of aryl methyl sites for hydroxylation is 2. The summed E-state index contributed by atoms with van der Waals surface area (Å²) >= 11 is 0. The Balaban J connectivity index is 2.08. The molecule has 0 spiro atoms. The maximum Gasteiger partial charge on any atom is 0.132 e. The van der Waals surface area contributed by atoms with Crippen molar-refractivity contribution in [1.82, 2.24) is 9.97 Å². The Morgan fingerprint density at radius 3 is 2.56 bits per heavy atom. The summed E-state index contributed by atoms with van der Waals surface area (Å²) in [4.78, 5) is 8.62. The molecule has 0 saturated carbocycles. The van der Waals surface area contributed by atoms with Crippen molar-refractivity contribution >= 4 is 11.6 Å². The standard InChI is InChI=1S/C14H18N4/c1-10-5-4-6-12(7-10)9-16-14-8-13(15-3)17-11(2)18-14/h4-8H,9H2,1-3H3,(H2,15,16,17,18). The van der Waals surface area contributed by atoms with E-state index in [-0.39, 0.29) is 0 Å². The van der Waals surface area contributed by atoms with Gasteiger partial charge in [0, 0.05) is 19.7 Å². The Hall–Kier alpha value is -2.10. The lowest BCUT2D eigenvalue weighted by molar-refractivity contribution is 1.02. The van der Waals surface area contributed by atoms with Gasteiger partial charge in [0.1, 0.15) is 17.5 Å². The Labute approximate surface area is 107 Å². The van der Waals surface area contributed by atoms with Crippen molar-refractivity contribution in [2.75, 3.05) is 17.7 Å². The highest BCUT2D eigenvalue weighted by Gasteiger charge is 2.00. The van der Waals surface area contributed by atoms with Crippen molar-refractivity contribution in [2.45, 2.75) is 20.4 Å². The summed E-state index contributed by atoms with van der Waals surface area (Å²) in [6, 6.07) is 10.3. The van der Waals surface area contributed by atoms with Crippen LogP contribution in [-0.4, -0.2) is 17.0 Å². The molecule has 2 aromatic rings. The van der Waals surface area contributed by atoms with Crippen molar-refractivity contribution in [3.05, 3.63) is 47.3 Å². The van der Waals surface area contributed by atoms with Crippen LogP contribution in [0.5, 0.6) is 0 Å². The molecule has 0 aliphatic carbocycles. The lowest BCUT2D eigenvalue weighted by atomic mass is 10.1. The van der Waals surface area contributed by atoms with Crippen LogP contribution in [0.4, 0.5) is 11.6 Å². The van der Waals surface area contributed by atoms with Gasteiger partial charge in [0.15, 0.2) is 0 Å². The normalized spacial score (nSPS) is 10.2. The minimum Gasteiger partial charge on any atom is -0.373 e. The van der Waals surface area contributed by atoms with Crippen LogP contribution in [-0.2, 0) is 6.54 Å². The number of anilines is 2. The fourth-order valence-corrected chi connectivity index (χ4v) is 1.80. The lowest BCUT2D eigenvalue weighted by Gasteiger charge is -2.08. The second-order valence-corrected chi connectivity index (χ2v) is 4.28. The zero-order chi connectivity index (χ0) is 13.0. The SMILES string of the molecule is CNc1cc(NCc2cccc(C)c2)nc(C)n1. The lowest BCUT2D eigenvalue weighted by Crippen LogP contribution is -2.05. The topological polar surface area (TPSA) is 49.8 Å². The quantitative estimate of drug-likeness (QED) is 0.865. The Morgan fingerprint density at radius 1 is 1.06 bits per heavy atom. The molecule has 4 nitrogen and oxygen atoms in total. The Kier molecular flexibility index (Phi) is 3.77. The molecule has 94 valence electrons. The first kappa shape index (κ1) is 12.4. The molecule has 0 amide bonds. The third kappa shape index (κ3) is 3.20. The Morgan fingerprint density at radius 2 is 1.83 bits per heavy atom. The van der Waals surface area contributed by atoms with Gasteiger partial charge < -0.3 is 10.6 Å². The second kappa shape index (κ2) is 5.49. The van der Waals surface area contributed by atoms with Crippen LogP contribution in [0.15, 0.2) is 30.3 Å². The van der Waals surface area contributed by atoms with Crippen LogP contribution in [0.3, 0.4) is 0 Å². The van der Waals surface area contributed by atoms with E-state index in [1.54, 1.807) is 0 Å². The third-order valence-corrected chi connectivity index (χ3v) is 2.65. The maximum atomic E-state index is 4.36. The van der Waals surface area contributed by atoms with Gasteiger partial charge in [0.05, 0.1) is 0 Å². The highest BCUT2D eigenvalue weighted by Crippen LogP contribution is 2.12. The van der Waals surface area contributed by atoms with Gasteiger partial charge in [0.2, 0.25) is 0 Å². The minimum atomic E-state index is 0.758. The fourth-order valence-electron chi connectivity index (χ4n) is 1.80. The van der Waals surface area contributed by atoms with Gasteiger partial charge in [-0.2, -0.15) is 0 Å². The summed E-state index contributed by atoms with van der Waals surface area (Å²) in [5.74, 6) is 2.43. The van der Waals surface area contributed by atoms with Gasteiger partial charge in [-0.1, -0.05) is 29.8 Å². The van der Waals surface area contributed by atoms with E-state index in [0.29, 0.717) is 0 Å². The number of rotatable bonds is 4. The molecule has 1 aromatic carbocycles. The van der Waals surface area contributed by atoms with E-state index in [4.69, 9.17) is 0 Å². The molecule has 2 rings (SSSR count). The maximum absolute atomic E-state index is 4.36. The molecule has 0 fully saturated rings. The van der Waals surface area contributed by atoms with Crippen LogP contribution in [0.25, 0.3) is 0 Å². The van der Waals surface area contributed by atoms with Gasteiger partial charge in [-0.15, -0.1) is 0 Å². The predicted molar refractivity (Wildman–Crippen MR) is 74.8 cm³/mol. The molecule has 1 aromatic heterocycles. The monoisotopic (exact) mass is 242 g/mol. The van der Waals surface area contributed by atoms with Gasteiger partial charge in [0.25, 0.3) is 0 Å². The van der Waals surface area contributed by atoms with Crippen molar-refractivity contribution in [1.29, 1.82) is 0 Å². The molecule has 0 aliphatic rings. The van der Waals surface area contributed by atoms with Crippen LogP contribution < -0.4 is 10.6 Å². The van der Waals surface area contributed by atoms with Crippen molar-refractivity contribution in [3.8, 4) is 0 Å². The highest BCUT2D eigenvalue weighted by atomic mass is 15.1. The summed E-state index contributed by atoms with van der Waals surface area (Å²) in [6.07, 6.45) is 0. The average molecular weight is 242 g/mol. The number of hydrogen-bond donors (Lipinski definition) is 2. The minimum absolute atomic E-state index is 0.758. The van der Waals surface area contributed by atoms with Crippen LogP contribution in [0.2, 0.25) is 0 Å². The number of aromatic nitrogens is 2. The molecule has 1 heterocycles. The van der Waals surface area contributed by atoms with E-state index in [1.165, 1.54) is 11.1 Å². The highest BCUT2D eigenvalue weighted by molar-refractivity contribution is 5.47. The summed E-state index contributed by atoms with van der Waals surface area (Å²) in [5, 5.41) is 6.34.